The van der Waals surface area contributed by atoms with Crippen molar-refractivity contribution in [3.8, 4) is 0 Å². The van der Waals surface area contributed by atoms with Crippen LogP contribution in [0.5, 0.6) is 0 Å². The third-order valence-corrected chi connectivity index (χ3v) is 4.22. The Kier molecular flexibility index (Phi) is 6.45. The van der Waals surface area contributed by atoms with Gasteiger partial charge in [-0.3, -0.25) is 9.59 Å². The Labute approximate surface area is 129 Å². The molecule has 1 aliphatic heterocycles. The number of piperazine rings is 1. The Morgan fingerprint density at radius 2 is 2.25 bits per heavy atom. The molecule has 112 valence electrons. The average Bonchev–Trinajstić information content (AvgIpc) is 2.85. The number of carbonyl (C=O) groups is 2. The van der Waals surface area contributed by atoms with Crippen LogP contribution in [0.2, 0.25) is 0 Å². The molecule has 1 saturated heterocycles. The van der Waals surface area contributed by atoms with E-state index in [1.54, 1.807) is 0 Å². The lowest BCUT2D eigenvalue weighted by Crippen LogP contribution is -2.52. The van der Waals surface area contributed by atoms with E-state index in [-0.39, 0.29) is 30.3 Å². The van der Waals surface area contributed by atoms with Crippen LogP contribution < -0.4 is 10.6 Å². The van der Waals surface area contributed by atoms with E-state index in [2.05, 4.69) is 17.6 Å². The van der Waals surface area contributed by atoms with Crippen LogP contribution in [0.15, 0.2) is 12.1 Å². The Balaban J connectivity index is 0.00000200. The zero-order chi connectivity index (χ0) is 13.8. The normalized spacial score (nSPS) is 18.3. The van der Waals surface area contributed by atoms with Crippen molar-refractivity contribution in [3.63, 3.8) is 0 Å². The first-order chi connectivity index (χ1) is 9.08. The topological polar surface area (TPSA) is 61.4 Å². The van der Waals surface area contributed by atoms with E-state index in [4.69, 9.17) is 0 Å². The van der Waals surface area contributed by atoms with Crippen LogP contribution in [0.3, 0.4) is 0 Å². The van der Waals surface area contributed by atoms with Gasteiger partial charge in [0, 0.05) is 37.5 Å². The summed E-state index contributed by atoms with van der Waals surface area (Å²) in [4.78, 5) is 26.9. The van der Waals surface area contributed by atoms with Gasteiger partial charge >= 0.3 is 0 Å². The van der Waals surface area contributed by atoms with Gasteiger partial charge in [0.2, 0.25) is 5.91 Å². The van der Waals surface area contributed by atoms with Crippen LogP contribution in [-0.2, 0) is 11.3 Å². The lowest BCUT2D eigenvalue weighted by Gasteiger charge is -2.33. The number of thiophene rings is 1. The molecule has 5 nitrogen and oxygen atoms in total. The van der Waals surface area contributed by atoms with Gasteiger partial charge in [-0.1, -0.05) is 0 Å². The zero-order valence-electron chi connectivity index (χ0n) is 11.6. The molecule has 1 aromatic rings. The Bertz CT molecular complexity index is 478. The van der Waals surface area contributed by atoms with Crippen molar-refractivity contribution in [1.82, 2.24) is 15.5 Å². The molecule has 20 heavy (non-hydrogen) atoms. The highest BCUT2D eigenvalue weighted by Gasteiger charge is 2.24. The molecule has 0 saturated carbocycles. The maximum atomic E-state index is 12.4. The van der Waals surface area contributed by atoms with Gasteiger partial charge in [-0.25, -0.2) is 0 Å². The number of hydrogen-bond acceptors (Lipinski definition) is 4. The quantitative estimate of drug-likeness (QED) is 0.882. The number of hydrogen-bond donors (Lipinski definition) is 2. The molecule has 1 atom stereocenters. The van der Waals surface area contributed by atoms with Gasteiger partial charge in [-0.05, 0) is 19.1 Å². The van der Waals surface area contributed by atoms with Crippen molar-refractivity contribution in [1.29, 1.82) is 0 Å². The maximum Gasteiger partial charge on any atom is 0.264 e. The number of halogens is 1. The third-order valence-electron chi connectivity index (χ3n) is 3.15. The lowest BCUT2D eigenvalue weighted by molar-refractivity contribution is -0.119. The molecule has 7 heteroatoms. The predicted molar refractivity (Wildman–Crippen MR) is 82.5 cm³/mol. The largest absolute Gasteiger partial charge is 0.351 e. The average molecular weight is 318 g/mol. The summed E-state index contributed by atoms with van der Waals surface area (Å²) < 4.78 is 0. The summed E-state index contributed by atoms with van der Waals surface area (Å²) in [6.07, 6.45) is 0. The summed E-state index contributed by atoms with van der Waals surface area (Å²) in [5, 5.41) is 6.01. The van der Waals surface area contributed by atoms with E-state index < -0.39 is 0 Å². The highest BCUT2D eigenvalue weighted by molar-refractivity contribution is 7.14. The summed E-state index contributed by atoms with van der Waals surface area (Å²) in [5.74, 6) is 0.0325. The molecule has 0 bridgehead atoms. The zero-order valence-corrected chi connectivity index (χ0v) is 13.3. The van der Waals surface area contributed by atoms with Gasteiger partial charge in [-0.2, -0.15) is 0 Å². The van der Waals surface area contributed by atoms with E-state index in [1.807, 2.05) is 17.0 Å². The van der Waals surface area contributed by atoms with Gasteiger partial charge in [0.25, 0.3) is 5.91 Å². The molecule has 2 heterocycles. The first-order valence-corrected chi connectivity index (χ1v) is 7.24. The van der Waals surface area contributed by atoms with Crippen molar-refractivity contribution in [3.05, 3.63) is 21.9 Å². The van der Waals surface area contributed by atoms with Crippen molar-refractivity contribution in [2.45, 2.75) is 26.4 Å². The second-order valence-electron chi connectivity index (χ2n) is 4.73. The second-order valence-corrected chi connectivity index (χ2v) is 5.90. The van der Waals surface area contributed by atoms with E-state index in [1.165, 1.54) is 18.3 Å². The molecule has 1 aliphatic rings. The second kappa shape index (κ2) is 7.61. The molecule has 1 unspecified atom stereocenters. The van der Waals surface area contributed by atoms with Gasteiger partial charge in [0.05, 0.1) is 11.4 Å². The fourth-order valence-corrected chi connectivity index (χ4v) is 2.99. The van der Waals surface area contributed by atoms with Crippen LogP contribution in [-0.4, -0.2) is 42.4 Å². The molecule has 0 aromatic carbocycles. The molecular formula is C13H20ClN3O2S. The van der Waals surface area contributed by atoms with Crippen molar-refractivity contribution in [2.24, 2.45) is 0 Å². The Hall–Kier alpha value is -1.11. The minimum absolute atomic E-state index is 0. The standard InChI is InChI=1S/C13H19N3O2S.ClH/c1-9-7-14-5-6-16(9)13(18)12-4-3-11(19-12)8-15-10(2)17;/h3-4,9,14H,5-8H2,1-2H3,(H,15,17);1H. The van der Waals surface area contributed by atoms with Crippen LogP contribution in [0.4, 0.5) is 0 Å². The van der Waals surface area contributed by atoms with Crippen molar-refractivity contribution >= 4 is 35.6 Å². The summed E-state index contributed by atoms with van der Waals surface area (Å²) >= 11 is 1.45. The number of nitrogens with one attached hydrogen (secondary N) is 2. The molecule has 0 spiro atoms. The van der Waals surface area contributed by atoms with E-state index >= 15 is 0 Å². The molecule has 0 aliphatic carbocycles. The minimum atomic E-state index is -0.0583. The van der Waals surface area contributed by atoms with Gasteiger partial charge in [-0.15, -0.1) is 23.7 Å². The summed E-state index contributed by atoms with van der Waals surface area (Å²) in [7, 11) is 0. The van der Waals surface area contributed by atoms with Crippen LogP contribution in [0.1, 0.15) is 28.4 Å². The molecule has 2 N–H and O–H groups in total. The highest BCUT2D eigenvalue weighted by atomic mass is 35.5. The third kappa shape index (κ3) is 4.19. The molecule has 2 amide bonds. The fourth-order valence-electron chi connectivity index (χ4n) is 2.08. The first kappa shape index (κ1) is 16.9. The summed E-state index contributed by atoms with van der Waals surface area (Å²) in [6.45, 7) is 6.47. The molecule has 1 fully saturated rings. The highest BCUT2D eigenvalue weighted by Crippen LogP contribution is 2.19. The summed E-state index contributed by atoms with van der Waals surface area (Å²) in [5.41, 5.74) is 0. The minimum Gasteiger partial charge on any atom is -0.351 e. The van der Waals surface area contributed by atoms with E-state index in [0.29, 0.717) is 6.54 Å². The van der Waals surface area contributed by atoms with E-state index in [9.17, 15) is 9.59 Å². The first-order valence-electron chi connectivity index (χ1n) is 6.43. The maximum absolute atomic E-state index is 12.4. The Morgan fingerprint density at radius 1 is 1.50 bits per heavy atom. The number of rotatable bonds is 3. The van der Waals surface area contributed by atoms with Crippen LogP contribution in [0, 0.1) is 0 Å². The smallest absolute Gasteiger partial charge is 0.264 e. The molecule has 2 rings (SSSR count). The van der Waals surface area contributed by atoms with E-state index in [0.717, 1.165) is 29.4 Å². The number of carbonyl (C=O) groups excluding carboxylic acids is 2. The fraction of sp³-hybridized carbons (Fsp3) is 0.538. The van der Waals surface area contributed by atoms with Gasteiger partial charge in [0.15, 0.2) is 0 Å². The molecule has 1 aromatic heterocycles. The molecular weight excluding hydrogens is 298 g/mol. The van der Waals surface area contributed by atoms with Gasteiger partial charge in [0.1, 0.15) is 0 Å². The predicted octanol–water partition coefficient (Wildman–Crippen LogP) is 1.24. The Morgan fingerprint density at radius 3 is 2.90 bits per heavy atom. The van der Waals surface area contributed by atoms with Gasteiger partial charge < -0.3 is 15.5 Å². The summed E-state index contributed by atoms with van der Waals surface area (Å²) in [6, 6.07) is 3.97. The van der Waals surface area contributed by atoms with Crippen LogP contribution >= 0.6 is 23.7 Å². The SMILES string of the molecule is CC(=O)NCc1ccc(C(=O)N2CCNCC2C)s1.Cl. The van der Waals surface area contributed by atoms with Crippen molar-refractivity contribution in [2.75, 3.05) is 19.6 Å². The van der Waals surface area contributed by atoms with Crippen molar-refractivity contribution < 1.29 is 9.59 Å². The lowest BCUT2D eigenvalue weighted by atomic mass is 10.2. The number of amides is 2. The molecule has 0 radical (unpaired) electrons. The monoisotopic (exact) mass is 317 g/mol. The van der Waals surface area contributed by atoms with Crippen LogP contribution in [0.25, 0.3) is 0 Å². The number of nitrogens with zero attached hydrogens (tertiary/aromatic N) is 1.